The number of hydrogen-bond donors (Lipinski definition) is 0. The number of ether oxygens (including phenoxy) is 2. The minimum atomic E-state index is -0.412. The van der Waals surface area contributed by atoms with E-state index in [-0.39, 0.29) is 9.84 Å². The van der Waals surface area contributed by atoms with Gasteiger partial charge in [-0.25, -0.2) is 0 Å². The van der Waals surface area contributed by atoms with Crippen LogP contribution in [0.4, 0.5) is 0 Å². The first-order valence-electron chi connectivity index (χ1n) is 3.11. The van der Waals surface area contributed by atoms with Gasteiger partial charge in [0.25, 0.3) is 0 Å². The second-order valence-electron chi connectivity index (χ2n) is 2.70. The van der Waals surface area contributed by atoms with E-state index in [0.29, 0.717) is 6.61 Å². The minimum absolute atomic E-state index is 0.120. The third-order valence-corrected chi connectivity index (χ3v) is 2.49. The van der Waals surface area contributed by atoms with Crippen LogP contribution in [0.1, 0.15) is 13.8 Å². The van der Waals surface area contributed by atoms with Gasteiger partial charge in [0.1, 0.15) is 6.10 Å². The summed E-state index contributed by atoms with van der Waals surface area (Å²) in [6, 6.07) is 0. The van der Waals surface area contributed by atoms with Crippen molar-refractivity contribution in [1.82, 2.24) is 0 Å². The first-order valence-corrected chi connectivity index (χ1v) is 4.94. The van der Waals surface area contributed by atoms with Crippen LogP contribution < -0.4 is 0 Å². The van der Waals surface area contributed by atoms with Crippen LogP contribution in [0, 0.1) is 0 Å². The lowest BCUT2D eigenvalue weighted by Gasteiger charge is -2.17. The fourth-order valence-electron chi connectivity index (χ4n) is 0.840. The molecule has 1 unspecified atom stereocenters. The molecule has 2 nitrogen and oxygen atoms in total. The maximum Gasteiger partial charge on any atom is 0.163 e. The van der Waals surface area contributed by atoms with Crippen molar-refractivity contribution in [2.75, 3.05) is 6.61 Å². The Labute approximate surface area is 77.5 Å². The van der Waals surface area contributed by atoms with Crippen LogP contribution in [-0.4, -0.2) is 22.2 Å². The molecule has 1 heterocycles. The Hall–Kier alpha value is 0.880. The van der Waals surface area contributed by atoms with Crippen molar-refractivity contribution in [2.45, 2.75) is 29.5 Å². The SMILES string of the molecule is CC1(C)OCC(C(Br)Br)O1. The van der Waals surface area contributed by atoms with Gasteiger partial charge in [0.05, 0.1) is 10.3 Å². The molecule has 0 saturated carbocycles. The Balaban J connectivity index is 2.43. The molecule has 0 bridgehead atoms. The van der Waals surface area contributed by atoms with E-state index in [1.54, 1.807) is 0 Å². The molecule has 1 rings (SSSR count). The Morgan fingerprint density at radius 1 is 1.50 bits per heavy atom. The van der Waals surface area contributed by atoms with E-state index in [1.165, 1.54) is 0 Å². The fraction of sp³-hybridized carbons (Fsp3) is 1.00. The van der Waals surface area contributed by atoms with E-state index < -0.39 is 5.79 Å². The second kappa shape index (κ2) is 3.09. The maximum atomic E-state index is 5.49. The van der Waals surface area contributed by atoms with Crippen molar-refractivity contribution in [3.63, 3.8) is 0 Å². The highest BCUT2D eigenvalue weighted by Crippen LogP contribution is 2.29. The van der Waals surface area contributed by atoms with Crippen molar-refractivity contribution >= 4 is 31.9 Å². The number of halogens is 2. The molecule has 4 heteroatoms. The predicted octanol–water partition coefficient (Wildman–Crippen LogP) is 2.25. The zero-order valence-electron chi connectivity index (χ0n) is 5.93. The van der Waals surface area contributed by atoms with Crippen LogP contribution in [0.15, 0.2) is 0 Å². The zero-order valence-corrected chi connectivity index (χ0v) is 9.11. The van der Waals surface area contributed by atoms with Crippen molar-refractivity contribution in [3.8, 4) is 0 Å². The zero-order chi connectivity index (χ0) is 7.78. The van der Waals surface area contributed by atoms with Crippen molar-refractivity contribution in [2.24, 2.45) is 0 Å². The summed E-state index contributed by atoms with van der Waals surface area (Å²) in [6.07, 6.45) is 0.120. The maximum absolute atomic E-state index is 5.49. The molecule has 1 atom stereocenters. The Morgan fingerprint density at radius 3 is 2.30 bits per heavy atom. The molecule has 1 aliphatic heterocycles. The van der Waals surface area contributed by atoms with E-state index in [9.17, 15) is 0 Å². The summed E-state index contributed by atoms with van der Waals surface area (Å²) in [5, 5.41) is 0. The van der Waals surface area contributed by atoms with Gasteiger partial charge in [-0.15, -0.1) is 0 Å². The van der Waals surface area contributed by atoms with Gasteiger partial charge in [0, 0.05) is 0 Å². The average molecular weight is 274 g/mol. The summed E-state index contributed by atoms with van der Waals surface area (Å²) in [4.78, 5) is 0. The molecule has 1 saturated heterocycles. The standard InChI is InChI=1S/C6H10Br2O2/c1-6(2)9-3-4(10-6)5(7)8/h4-5H,3H2,1-2H3. The lowest BCUT2D eigenvalue weighted by molar-refractivity contribution is -0.136. The normalized spacial score (nSPS) is 31.5. The molecule has 0 spiro atoms. The summed E-state index contributed by atoms with van der Waals surface area (Å²) >= 11 is 6.73. The summed E-state index contributed by atoms with van der Waals surface area (Å²) in [5.74, 6) is -0.412. The average Bonchev–Trinajstić information content (AvgIpc) is 2.10. The van der Waals surface area contributed by atoms with Gasteiger partial charge in [-0.2, -0.15) is 0 Å². The van der Waals surface area contributed by atoms with Gasteiger partial charge in [-0.1, -0.05) is 31.9 Å². The molecular weight excluding hydrogens is 264 g/mol. The van der Waals surface area contributed by atoms with E-state index in [1.807, 2.05) is 13.8 Å². The lowest BCUT2D eigenvalue weighted by Crippen LogP contribution is -2.24. The summed E-state index contributed by atoms with van der Waals surface area (Å²) < 4.78 is 11.0. The quantitative estimate of drug-likeness (QED) is 0.683. The highest BCUT2D eigenvalue weighted by Gasteiger charge is 2.35. The molecule has 1 fully saturated rings. The number of rotatable bonds is 1. The Bertz CT molecular complexity index is 125. The first kappa shape index (κ1) is 8.97. The van der Waals surface area contributed by atoms with Crippen LogP contribution in [-0.2, 0) is 9.47 Å². The summed E-state index contributed by atoms with van der Waals surface area (Å²) in [7, 11) is 0. The molecule has 0 aromatic carbocycles. The molecule has 0 radical (unpaired) electrons. The van der Waals surface area contributed by atoms with E-state index in [0.717, 1.165) is 0 Å². The minimum Gasteiger partial charge on any atom is -0.348 e. The van der Waals surface area contributed by atoms with E-state index in [4.69, 9.17) is 9.47 Å². The van der Waals surface area contributed by atoms with Crippen molar-refractivity contribution in [3.05, 3.63) is 0 Å². The van der Waals surface area contributed by atoms with Crippen LogP contribution >= 0.6 is 31.9 Å². The molecule has 0 aliphatic carbocycles. The molecular formula is C6H10Br2O2. The number of alkyl halides is 2. The van der Waals surface area contributed by atoms with Crippen LogP contribution in [0.2, 0.25) is 0 Å². The van der Waals surface area contributed by atoms with Crippen LogP contribution in [0.3, 0.4) is 0 Å². The van der Waals surface area contributed by atoms with Crippen molar-refractivity contribution < 1.29 is 9.47 Å². The molecule has 0 aromatic heterocycles. The first-order chi connectivity index (χ1) is 4.51. The Kier molecular flexibility index (Phi) is 2.77. The molecule has 1 aliphatic rings. The van der Waals surface area contributed by atoms with Gasteiger partial charge < -0.3 is 9.47 Å². The van der Waals surface area contributed by atoms with E-state index in [2.05, 4.69) is 31.9 Å². The van der Waals surface area contributed by atoms with Gasteiger partial charge in [0.2, 0.25) is 0 Å². The topological polar surface area (TPSA) is 18.5 Å². The molecule has 10 heavy (non-hydrogen) atoms. The van der Waals surface area contributed by atoms with Gasteiger partial charge in [-0.3, -0.25) is 0 Å². The monoisotopic (exact) mass is 272 g/mol. The third kappa shape index (κ3) is 2.19. The fourth-order valence-corrected chi connectivity index (χ4v) is 1.36. The Morgan fingerprint density at radius 2 is 2.10 bits per heavy atom. The van der Waals surface area contributed by atoms with Crippen LogP contribution in [0.25, 0.3) is 0 Å². The lowest BCUT2D eigenvalue weighted by atomic mass is 10.4. The van der Waals surface area contributed by atoms with Gasteiger partial charge in [-0.05, 0) is 13.8 Å². The molecule has 60 valence electrons. The summed E-state index contributed by atoms with van der Waals surface area (Å²) in [5.41, 5.74) is 0. The van der Waals surface area contributed by atoms with Gasteiger partial charge in [0.15, 0.2) is 5.79 Å². The molecule has 0 N–H and O–H groups in total. The van der Waals surface area contributed by atoms with Crippen LogP contribution in [0.5, 0.6) is 0 Å². The summed E-state index contributed by atoms with van der Waals surface area (Å²) in [6.45, 7) is 4.47. The number of hydrogen-bond acceptors (Lipinski definition) is 2. The smallest absolute Gasteiger partial charge is 0.163 e. The highest BCUT2D eigenvalue weighted by atomic mass is 79.9. The van der Waals surface area contributed by atoms with Gasteiger partial charge >= 0.3 is 0 Å². The predicted molar refractivity (Wildman–Crippen MR) is 46.5 cm³/mol. The second-order valence-corrected chi connectivity index (χ2v) is 5.90. The largest absolute Gasteiger partial charge is 0.348 e. The van der Waals surface area contributed by atoms with E-state index >= 15 is 0 Å². The molecule has 0 aromatic rings. The molecule has 0 amide bonds. The highest BCUT2D eigenvalue weighted by molar-refractivity contribution is 9.24. The van der Waals surface area contributed by atoms with Crippen molar-refractivity contribution in [1.29, 1.82) is 0 Å². The third-order valence-electron chi connectivity index (χ3n) is 1.31.